The molecule has 1 amide bonds. The minimum Gasteiger partial charge on any atom is -0.486 e. The van der Waals surface area contributed by atoms with Crippen molar-refractivity contribution in [1.82, 2.24) is 0 Å². The summed E-state index contributed by atoms with van der Waals surface area (Å²) >= 11 is 0. The minimum atomic E-state index is -0.904. The number of aliphatic hydroxyl groups is 1. The Hall–Kier alpha value is -3.31. The normalized spacial score (nSPS) is 13.6. The first-order valence-corrected chi connectivity index (χ1v) is 9.62. The molecule has 148 valence electrons. The van der Waals surface area contributed by atoms with E-state index in [1.807, 2.05) is 61.5 Å². The summed E-state index contributed by atoms with van der Waals surface area (Å²) in [5.74, 6) is 0.967. The van der Waals surface area contributed by atoms with Crippen LogP contribution in [0.25, 0.3) is 0 Å². The molecule has 2 N–H and O–H groups in total. The maximum Gasteiger partial charge on any atom is 0.228 e. The van der Waals surface area contributed by atoms with Gasteiger partial charge in [0, 0.05) is 11.6 Å². The van der Waals surface area contributed by atoms with Crippen LogP contribution in [0.2, 0.25) is 0 Å². The predicted molar refractivity (Wildman–Crippen MR) is 111 cm³/mol. The zero-order valence-electron chi connectivity index (χ0n) is 16.2. The van der Waals surface area contributed by atoms with E-state index in [-0.39, 0.29) is 12.3 Å². The molecule has 5 heteroatoms. The van der Waals surface area contributed by atoms with Gasteiger partial charge < -0.3 is 19.9 Å². The first kappa shape index (κ1) is 19.0. The van der Waals surface area contributed by atoms with Crippen molar-refractivity contribution >= 4 is 11.6 Å². The highest BCUT2D eigenvalue weighted by molar-refractivity contribution is 5.93. The summed E-state index contributed by atoms with van der Waals surface area (Å²) in [6, 6.07) is 20.7. The van der Waals surface area contributed by atoms with Crippen LogP contribution in [-0.2, 0) is 11.2 Å². The summed E-state index contributed by atoms with van der Waals surface area (Å²) in [5.41, 5.74) is 3.86. The number of benzene rings is 3. The molecule has 1 atom stereocenters. The summed E-state index contributed by atoms with van der Waals surface area (Å²) < 4.78 is 11.3. The second-order valence-corrected chi connectivity index (χ2v) is 7.11. The second kappa shape index (κ2) is 8.37. The number of ether oxygens (including phenoxy) is 2. The molecule has 0 aliphatic carbocycles. The summed E-state index contributed by atoms with van der Waals surface area (Å²) in [6.45, 7) is 2.90. The molecule has 29 heavy (non-hydrogen) atoms. The van der Waals surface area contributed by atoms with Crippen molar-refractivity contribution in [3.63, 3.8) is 0 Å². The van der Waals surface area contributed by atoms with Crippen molar-refractivity contribution in [1.29, 1.82) is 0 Å². The van der Waals surface area contributed by atoms with Crippen LogP contribution in [0.4, 0.5) is 5.69 Å². The highest BCUT2D eigenvalue weighted by Gasteiger charge is 2.22. The van der Waals surface area contributed by atoms with Crippen LogP contribution in [0.3, 0.4) is 0 Å². The Kier molecular flexibility index (Phi) is 5.49. The zero-order chi connectivity index (χ0) is 20.2. The molecule has 0 bridgehead atoms. The van der Waals surface area contributed by atoms with Gasteiger partial charge in [-0.1, -0.05) is 60.2 Å². The van der Waals surface area contributed by atoms with E-state index in [0.717, 1.165) is 16.7 Å². The average molecular weight is 389 g/mol. The first-order valence-electron chi connectivity index (χ1n) is 9.62. The maximum absolute atomic E-state index is 12.6. The number of aryl methyl sites for hydroxylation is 1. The molecule has 5 nitrogen and oxygen atoms in total. The third-order valence-electron chi connectivity index (χ3n) is 4.88. The van der Waals surface area contributed by atoms with Crippen LogP contribution < -0.4 is 14.8 Å². The number of hydrogen-bond donors (Lipinski definition) is 2. The molecular formula is C24H23NO4. The second-order valence-electron chi connectivity index (χ2n) is 7.11. The van der Waals surface area contributed by atoms with Gasteiger partial charge in [-0.05, 0) is 24.1 Å². The summed E-state index contributed by atoms with van der Waals surface area (Å²) in [7, 11) is 0. The number of carbonyl (C=O) groups excluding carboxylic acids is 1. The van der Waals surface area contributed by atoms with Crippen molar-refractivity contribution in [2.75, 3.05) is 18.5 Å². The Balaban J connectivity index is 1.65. The molecule has 3 aromatic carbocycles. The Morgan fingerprint density at radius 3 is 2.34 bits per heavy atom. The van der Waals surface area contributed by atoms with Crippen LogP contribution in [0, 0.1) is 6.92 Å². The molecule has 0 fully saturated rings. The lowest BCUT2D eigenvalue weighted by Crippen LogP contribution is -2.19. The van der Waals surface area contributed by atoms with Crippen molar-refractivity contribution in [2.45, 2.75) is 19.4 Å². The fourth-order valence-corrected chi connectivity index (χ4v) is 3.34. The topological polar surface area (TPSA) is 67.8 Å². The third-order valence-corrected chi connectivity index (χ3v) is 4.88. The molecule has 1 aliphatic heterocycles. The molecule has 3 aromatic rings. The van der Waals surface area contributed by atoms with Gasteiger partial charge in [0.05, 0.1) is 12.1 Å². The SMILES string of the molecule is Cc1ccc([C@@H](O)c2cc3c(cc2NC(=O)Cc2ccccc2)OCCO3)cc1. The zero-order valence-corrected chi connectivity index (χ0v) is 16.2. The number of anilines is 1. The van der Waals surface area contributed by atoms with Crippen LogP contribution in [0.1, 0.15) is 28.4 Å². The van der Waals surface area contributed by atoms with E-state index >= 15 is 0 Å². The molecule has 4 rings (SSSR count). The van der Waals surface area contributed by atoms with Gasteiger partial charge in [-0.3, -0.25) is 4.79 Å². The van der Waals surface area contributed by atoms with Crippen LogP contribution in [0.5, 0.6) is 11.5 Å². The van der Waals surface area contributed by atoms with E-state index in [2.05, 4.69) is 5.32 Å². The van der Waals surface area contributed by atoms with Crippen molar-refractivity contribution in [2.24, 2.45) is 0 Å². The van der Waals surface area contributed by atoms with Crippen LogP contribution >= 0.6 is 0 Å². The minimum absolute atomic E-state index is 0.162. The average Bonchev–Trinajstić information content (AvgIpc) is 2.74. The van der Waals surface area contributed by atoms with E-state index in [0.29, 0.717) is 36.0 Å². The first-order chi connectivity index (χ1) is 14.1. The maximum atomic E-state index is 12.6. The van der Waals surface area contributed by atoms with Gasteiger partial charge in [0.2, 0.25) is 5.91 Å². The summed E-state index contributed by atoms with van der Waals surface area (Å²) in [5, 5.41) is 14.0. The predicted octanol–water partition coefficient (Wildman–Crippen LogP) is 4.03. The molecule has 0 aromatic heterocycles. The van der Waals surface area contributed by atoms with Crippen molar-refractivity contribution in [3.05, 3.63) is 89.0 Å². The molecule has 1 heterocycles. The fraction of sp³-hybridized carbons (Fsp3) is 0.208. The Morgan fingerprint density at radius 2 is 1.66 bits per heavy atom. The van der Waals surface area contributed by atoms with Gasteiger partial charge in [-0.25, -0.2) is 0 Å². The number of amides is 1. The van der Waals surface area contributed by atoms with E-state index in [1.165, 1.54) is 0 Å². The molecule has 0 spiro atoms. The smallest absolute Gasteiger partial charge is 0.228 e. The summed E-state index contributed by atoms with van der Waals surface area (Å²) in [6.07, 6.45) is -0.659. The lowest BCUT2D eigenvalue weighted by atomic mass is 9.98. The quantitative estimate of drug-likeness (QED) is 0.691. The number of aliphatic hydroxyl groups excluding tert-OH is 1. The largest absolute Gasteiger partial charge is 0.486 e. The Morgan fingerprint density at radius 1 is 1.00 bits per heavy atom. The molecular weight excluding hydrogens is 366 g/mol. The monoisotopic (exact) mass is 389 g/mol. The molecule has 1 aliphatic rings. The van der Waals surface area contributed by atoms with E-state index in [9.17, 15) is 9.90 Å². The molecule has 0 radical (unpaired) electrons. The number of nitrogens with one attached hydrogen (secondary N) is 1. The van der Waals surface area contributed by atoms with Gasteiger partial charge in [-0.2, -0.15) is 0 Å². The number of carbonyl (C=O) groups is 1. The Bertz CT molecular complexity index is 999. The Labute approximate surface area is 169 Å². The van der Waals surface area contributed by atoms with E-state index in [1.54, 1.807) is 12.1 Å². The van der Waals surface area contributed by atoms with Gasteiger partial charge in [0.25, 0.3) is 0 Å². The van der Waals surface area contributed by atoms with Crippen LogP contribution in [0.15, 0.2) is 66.7 Å². The van der Waals surface area contributed by atoms with Gasteiger partial charge in [0.1, 0.15) is 19.3 Å². The molecule has 0 unspecified atom stereocenters. The van der Waals surface area contributed by atoms with Gasteiger partial charge >= 0.3 is 0 Å². The van der Waals surface area contributed by atoms with E-state index < -0.39 is 6.10 Å². The molecule has 0 saturated carbocycles. The number of fused-ring (bicyclic) bond motifs is 1. The third kappa shape index (κ3) is 4.41. The fourth-order valence-electron chi connectivity index (χ4n) is 3.34. The van der Waals surface area contributed by atoms with Gasteiger partial charge in [0.15, 0.2) is 11.5 Å². The standard InChI is InChI=1S/C24H23NO4/c1-16-7-9-18(10-8-16)24(27)19-14-21-22(29-12-11-28-21)15-20(19)25-23(26)13-17-5-3-2-4-6-17/h2-10,14-15,24,27H,11-13H2,1H3,(H,25,26)/t24-/m1/s1. The lowest BCUT2D eigenvalue weighted by Gasteiger charge is -2.23. The number of rotatable bonds is 5. The van der Waals surface area contributed by atoms with Crippen molar-refractivity contribution in [3.8, 4) is 11.5 Å². The molecule has 0 saturated heterocycles. The van der Waals surface area contributed by atoms with Crippen LogP contribution in [-0.4, -0.2) is 24.2 Å². The van der Waals surface area contributed by atoms with Crippen molar-refractivity contribution < 1.29 is 19.4 Å². The highest BCUT2D eigenvalue weighted by Crippen LogP contribution is 2.39. The summed E-state index contributed by atoms with van der Waals surface area (Å²) in [4.78, 5) is 12.6. The lowest BCUT2D eigenvalue weighted by molar-refractivity contribution is -0.115. The highest BCUT2D eigenvalue weighted by atomic mass is 16.6. The van der Waals surface area contributed by atoms with Gasteiger partial charge in [-0.15, -0.1) is 0 Å². The number of hydrogen-bond acceptors (Lipinski definition) is 4. The van der Waals surface area contributed by atoms with E-state index in [4.69, 9.17) is 9.47 Å².